The van der Waals surface area contributed by atoms with Crippen molar-refractivity contribution < 1.29 is 0 Å². The van der Waals surface area contributed by atoms with Crippen molar-refractivity contribution in [1.82, 2.24) is 0 Å². The zero-order valence-corrected chi connectivity index (χ0v) is 9.55. The maximum absolute atomic E-state index is 8.90. The number of rotatable bonds is 2. The average Bonchev–Trinajstić information content (AvgIpc) is 2.81. The first-order chi connectivity index (χ1) is 7.83. The zero-order valence-electron chi connectivity index (χ0n) is 8.73. The van der Waals surface area contributed by atoms with E-state index >= 15 is 0 Å². The lowest BCUT2D eigenvalue weighted by atomic mass is 10.1. The minimum absolute atomic E-state index is 0.439. The minimum atomic E-state index is 0.439. The summed E-state index contributed by atoms with van der Waals surface area (Å²) in [6.07, 6.45) is 1.16. The predicted octanol–water partition coefficient (Wildman–Crippen LogP) is 2.35. The highest BCUT2D eigenvalue weighted by Crippen LogP contribution is 2.22. The molecule has 2 rings (SSSR count). The molecule has 0 saturated carbocycles. The standard InChI is InChI=1S/C12H11N3S/c13-6-9-1-2-11(5-10(9)7-14)15-12-3-4-16-8-12/h1-2,5,12,15H,3-4,8H2. The minimum Gasteiger partial charge on any atom is -0.381 e. The summed E-state index contributed by atoms with van der Waals surface area (Å²) in [5.74, 6) is 2.31. The Balaban J connectivity index is 2.17. The van der Waals surface area contributed by atoms with Gasteiger partial charge in [0.25, 0.3) is 0 Å². The third kappa shape index (κ3) is 2.29. The van der Waals surface area contributed by atoms with Gasteiger partial charge in [-0.3, -0.25) is 0 Å². The fourth-order valence-corrected chi connectivity index (χ4v) is 2.86. The largest absolute Gasteiger partial charge is 0.381 e. The molecule has 3 nitrogen and oxygen atoms in total. The molecule has 1 atom stereocenters. The van der Waals surface area contributed by atoms with Crippen molar-refractivity contribution in [3.05, 3.63) is 29.3 Å². The van der Waals surface area contributed by atoms with Crippen LogP contribution in [-0.2, 0) is 0 Å². The van der Waals surface area contributed by atoms with Crippen LogP contribution in [0.25, 0.3) is 0 Å². The van der Waals surface area contributed by atoms with Gasteiger partial charge in [0.05, 0.1) is 11.1 Å². The maximum Gasteiger partial charge on any atom is 0.101 e. The Bertz CT molecular complexity index is 464. The van der Waals surface area contributed by atoms with Crippen molar-refractivity contribution in [3.8, 4) is 12.1 Å². The fourth-order valence-electron chi connectivity index (χ4n) is 1.71. The van der Waals surface area contributed by atoms with Crippen LogP contribution in [0.3, 0.4) is 0 Å². The lowest BCUT2D eigenvalue weighted by Gasteiger charge is -2.13. The molecular formula is C12H11N3S. The van der Waals surface area contributed by atoms with Gasteiger partial charge in [0.1, 0.15) is 12.1 Å². The number of hydrogen-bond donors (Lipinski definition) is 1. The molecule has 16 heavy (non-hydrogen) atoms. The van der Waals surface area contributed by atoms with Gasteiger partial charge >= 0.3 is 0 Å². The molecule has 0 aliphatic carbocycles. The molecule has 0 aromatic heterocycles. The molecule has 1 fully saturated rings. The van der Waals surface area contributed by atoms with Crippen molar-refractivity contribution in [2.45, 2.75) is 12.5 Å². The van der Waals surface area contributed by atoms with Crippen LogP contribution in [0.5, 0.6) is 0 Å². The topological polar surface area (TPSA) is 59.6 Å². The van der Waals surface area contributed by atoms with Gasteiger partial charge in [0.2, 0.25) is 0 Å². The van der Waals surface area contributed by atoms with Crippen LogP contribution in [0.4, 0.5) is 5.69 Å². The summed E-state index contributed by atoms with van der Waals surface area (Å²) in [6, 6.07) is 9.86. The molecule has 0 radical (unpaired) electrons. The first kappa shape index (κ1) is 10.9. The summed E-state index contributed by atoms with van der Waals surface area (Å²) in [7, 11) is 0. The van der Waals surface area contributed by atoms with E-state index in [9.17, 15) is 0 Å². The smallest absolute Gasteiger partial charge is 0.101 e. The first-order valence-corrected chi connectivity index (χ1v) is 6.27. The lowest BCUT2D eigenvalue weighted by Crippen LogP contribution is -2.18. The summed E-state index contributed by atoms with van der Waals surface area (Å²) in [4.78, 5) is 0. The van der Waals surface area contributed by atoms with E-state index in [2.05, 4.69) is 5.32 Å². The Hall–Kier alpha value is -1.65. The van der Waals surface area contributed by atoms with E-state index in [-0.39, 0.29) is 0 Å². The quantitative estimate of drug-likeness (QED) is 0.845. The number of nitrogens with zero attached hydrogens (tertiary/aromatic N) is 2. The van der Waals surface area contributed by atoms with Gasteiger partial charge in [-0.15, -0.1) is 0 Å². The molecular weight excluding hydrogens is 218 g/mol. The Kier molecular flexibility index (Phi) is 3.34. The van der Waals surface area contributed by atoms with Crippen LogP contribution < -0.4 is 5.32 Å². The van der Waals surface area contributed by atoms with Gasteiger partial charge in [0.15, 0.2) is 0 Å². The number of nitrogens with one attached hydrogen (secondary N) is 1. The highest BCUT2D eigenvalue weighted by molar-refractivity contribution is 7.99. The average molecular weight is 229 g/mol. The molecule has 0 amide bonds. The van der Waals surface area contributed by atoms with E-state index < -0.39 is 0 Å². The Morgan fingerprint density at radius 2 is 2.06 bits per heavy atom. The number of hydrogen-bond acceptors (Lipinski definition) is 4. The third-order valence-electron chi connectivity index (χ3n) is 2.56. The van der Waals surface area contributed by atoms with E-state index in [0.717, 1.165) is 17.9 Å². The molecule has 0 spiro atoms. The Morgan fingerprint density at radius 3 is 2.69 bits per heavy atom. The SMILES string of the molecule is N#Cc1ccc(NC2CCSC2)cc1C#N. The highest BCUT2D eigenvalue weighted by atomic mass is 32.2. The maximum atomic E-state index is 8.90. The van der Waals surface area contributed by atoms with E-state index in [1.165, 1.54) is 5.75 Å². The van der Waals surface area contributed by atoms with Crippen molar-refractivity contribution in [3.63, 3.8) is 0 Å². The van der Waals surface area contributed by atoms with Crippen molar-refractivity contribution >= 4 is 17.4 Å². The molecule has 1 N–H and O–H groups in total. The molecule has 1 aliphatic heterocycles. The predicted molar refractivity (Wildman–Crippen MR) is 65.2 cm³/mol. The van der Waals surface area contributed by atoms with Crippen LogP contribution in [0, 0.1) is 22.7 Å². The highest BCUT2D eigenvalue weighted by Gasteiger charge is 2.15. The van der Waals surface area contributed by atoms with Gasteiger partial charge in [-0.1, -0.05) is 0 Å². The van der Waals surface area contributed by atoms with Crippen LogP contribution in [0.15, 0.2) is 18.2 Å². The second-order valence-electron chi connectivity index (χ2n) is 3.69. The van der Waals surface area contributed by atoms with E-state index in [0.29, 0.717) is 17.2 Å². The summed E-state index contributed by atoms with van der Waals surface area (Å²) in [5, 5.41) is 21.1. The van der Waals surface area contributed by atoms with Crippen molar-refractivity contribution in [1.29, 1.82) is 10.5 Å². The van der Waals surface area contributed by atoms with Gasteiger partial charge in [-0.25, -0.2) is 0 Å². The fraction of sp³-hybridized carbons (Fsp3) is 0.333. The molecule has 1 unspecified atom stereocenters. The molecule has 1 aromatic rings. The van der Waals surface area contributed by atoms with Crippen molar-refractivity contribution in [2.24, 2.45) is 0 Å². The van der Waals surface area contributed by atoms with E-state index in [4.69, 9.17) is 10.5 Å². The van der Waals surface area contributed by atoms with Gasteiger partial charge in [0, 0.05) is 17.5 Å². The van der Waals surface area contributed by atoms with E-state index in [1.807, 2.05) is 30.0 Å². The molecule has 1 aliphatic rings. The summed E-state index contributed by atoms with van der Waals surface area (Å²) < 4.78 is 0. The monoisotopic (exact) mass is 229 g/mol. The number of nitriles is 2. The van der Waals surface area contributed by atoms with Crippen LogP contribution >= 0.6 is 11.8 Å². The molecule has 1 heterocycles. The van der Waals surface area contributed by atoms with Crippen LogP contribution in [0.2, 0.25) is 0 Å². The molecule has 1 aromatic carbocycles. The molecule has 80 valence electrons. The zero-order chi connectivity index (χ0) is 11.4. The second-order valence-corrected chi connectivity index (χ2v) is 4.84. The summed E-state index contributed by atoms with van der Waals surface area (Å²) in [6.45, 7) is 0. The Morgan fingerprint density at radius 1 is 1.25 bits per heavy atom. The summed E-state index contributed by atoms with van der Waals surface area (Å²) >= 11 is 1.94. The molecule has 1 saturated heterocycles. The van der Waals surface area contributed by atoms with Crippen molar-refractivity contribution in [2.75, 3.05) is 16.8 Å². The number of thioether (sulfide) groups is 1. The normalized spacial score (nSPS) is 18.8. The Labute approximate surface area is 99.1 Å². The summed E-state index contributed by atoms with van der Waals surface area (Å²) in [5.41, 5.74) is 1.81. The first-order valence-electron chi connectivity index (χ1n) is 5.12. The second kappa shape index (κ2) is 4.92. The lowest BCUT2D eigenvalue weighted by molar-refractivity contribution is 0.813. The molecule has 4 heteroatoms. The number of anilines is 1. The molecule has 0 bridgehead atoms. The van der Waals surface area contributed by atoms with Gasteiger partial charge in [-0.2, -0.15) is 22.3 Å². The third-order valence-corrected chi connectivity index (χ3v) is 3.72. The van der Waals surface area contributed by atoms with Crippen LogP contribution in [-0.4, -0.2) is 17.5 Å². The van der Waals surface area contributed by atoms with Gasteiger partial charge in [-0.05, 0) is 30.4 Å². The van der Waals surface area contributed by atoms with E-state index in [1.54, 1.807) is 12.1 Å². The number of benzene rings is 1. The van der Waals surface area contributed by atoms with Crippen LogP contribution in [0.1, 0.15) is 17.5 Å². The van der Waals surface area contributed by atoms with Gasteiger partial charge < -0.3 is 5.32 Å².